The summed E-state index contributed by atoms with van der Waals surface area (Å²) in [6.45, 7) is 1.23. The Morgan fingerprint density at radius 3 is 2.48 bits per heavy atom. The molecular formula is C15H15N3O7. The summed E-state index contributed by atoms with van der Waals surface area (Å²) in [4.78, 5) is 59.5. The molecule has 1 aromatic rings. The molecule has 0 bridgehead atoms. The molecule has 1 aliphatic heterocycles. The number of ether oxygens (including phenoxy) is 1. The van der Waals surface area contributed by atoms with Crippen molar-refractivity contribution < 1.29 is 28.8 Å². The van der Waals surface area contributed by atoms with Crippen molar-refractivity contribution in [3.05, 3.63) is 39.4 Å². The fraction of sp³-hybridized carbons (Fsp3) is 0.333. The van der Waals surface area contributed by atoms with E-state index >= 15 is 0 Å². The Labute approximate surface area is 141 Å². The number of esters is 1. The highest BCUT2D eigenvalue weighted by Crippen LogP contribution is 2.36. The molecule has 1 aromatic carbocycles. The third-order valence-electron chi connectivity index (χ3n) is 4.16. The van der Waals surface area contributed by atoms with Crippen LogP contribution in [-0.2, 0) is 14.3 Å². The van der Waals surface area contributed by atoms with Crippen molar-refractivity contribution in [1.82, 2.24) is 4.90 Å². The van der Waals surface area contributed by atoms with E-state index in [1.165, 1.54) is 19.1 Å². The summed E-state index contributed by atoms with van der Waals surface area (Å²) >= 11 is 0. The topological polar surface area (TPSA) is 150 Å². The highest BCUT2D eigenvalue weighted by atomic mass is 16.6. The van der Waals surface area contributed by atoms with Crippen LogP contribution in [0.15, 0.2) is 18.2 Å². The van der Waals surface area contributed by atoms with Crippen molar-refractivity contribution >= 4 is 29.4 Å². The zero-order chi connectivity index (χ0) is 18.9. The van der Waals surface area contributed by atoms with Gasteiger partial charge in [0.1, 0.15) is 11.1 Å². The van der Waals surface area contributed by atoms with Crippen LogP contribution >= 0.6 is 0 Å². The van der Waals surface area contributed by atoms with Crippen LogP contribution in [0.2, 0.25) is 0 Å². The Morgan fingerprint density at radius 1 is 1.32 bits per heavy atom. The molecule has 25 heavy (non-hydrogen) atoms. The first kappa shape index (κ1) is 18.0. The zero-order valence-corrected chi connectivity index (χ0v) is 13.5. The molecule has 10 nitrogen and oxygen atoms in total. The maximum atomic E-state index is 12.7. The predicted octanol–water partition coefficient (Wildman–Crippen LogP) is 0.388. The minimum atomic E-state index is -1.84. The van der Waals surface area contributed by atoms with Gasteiger partial charge in [-0.15, -0.1) is 0 Å². The van der Waals surface area contributed by atoms with Gasteiger partial charge in [0.15, 0.2) is 0 Å². The number of nitrogens with two attached hydrogens (primary N) is 1. The smallest absolute Gasteiger partial charge is 0.305 e. The van der Waals surface area contributed by atoms with Gasteiger partial charge in [-0.3, -0.25) is 34.2 Å². The first-order valence-electron chi connectivity index (χ1n) is 7.18. The van der Waals surface area contributed by atoms with Crippen molar-refractivity contribution in [1.29, 1.82) is 0 Å². The Hall–Kier alpha value is -3.30. The van der Waals surface area contributed by atoms with E-state index in [0.717, 1.165) is 13.2 Å². The van der Waals surface area contributed by atoms with E-state index in [-0.39, 0.29) is 18.4 Å². The molecule has 0 radical (unpaired) electrons. The highest BCUT2D eigenvalue weighted by molar-refractivity contribution is 6.25. The molecule has 3 amide bonds. The minimum absolute atomic E-state index is 0.190. The largest absolute Gasteiger partial charge is 0.469 e. The van der Waals surface area contributed by atoms with Gasteiger partial charge in [-0.2, -0.15) is 0 Å². The van der Waals surface area contributed by atoms with E-state index in [2.05, 4.69) is 4.74 Å². The number of carbonyl (C=O) groups is 4. The number of benzene rings is 1. The van der Waals surface area contributed by atoms with Crippen LogP contribution in [0.4, 0.5) is 5.69 Å². The predicted molar refractivity (Wildman–Crippen MR) is 82.4 cm³/mol. The summed E-state index contributed by atoms with van der Waals surface area (Å²) in [5.74, 6) is -3.56. The molecule has 1 atom stereocenters. The fourth-order valence-corrected chi connectivity index (χ4v) is 2.66. The van der Waals surface area contributed by atoms with Gasteiger partial charge in [-0.25, -0.2) is 0 Å². The zero-order valence-electron chi connectivity index (χ0n) is 13.5. The Morgan fingerprint density at radius 2 is 1.96 bits per heavy atom. The van der Waals surface area contributed by atoms with Gasteiger partial charge in [-0.1, -0.05) is 6.07 Å². The minimum Gasteiger partial charge on any atom is -0.469 e. The lowest BCUT2D eigenvalue weighted by Crippen LogP contribution is -2.58. The van der Waals surface area contributed by atoms with Crippen LogP contribution in [0.3, 0.4) is 0 Å². The SMILES string of the molecule is COC(=O)CCC(C)(C(N)=O)N1C(=O)c2cccc([N+](=O)[O-])c2C1=O. The van der Waals surface area contributed by atoms with Gasteiger partial charge < -0.3 is 10.5 Å². The molecule has 0 aliphatic carbocycles. The molecule has 0 aromatic heterocycles. The third-order valence-corrected chi connectivity index (χ3v) is 4.16. The van der Waals surface area contributed by atoms with Crippen molar-refractivity contribution in [2.24, 2.45) is 5.73 Å². The maximum absolute atomic E-state index is 12.7. The van der Waals surface area contributed by atoms with E-state index in [9.17, 15) is 29.3 Å². The fourth-order valence-electron chi connectivity index (χ4n) is 2.66. The molecule has 2 N–H and O–H groups in total. The van der Waals surface area contributed by atoms with Crippen molar-refractivity contribution in [2.75, 3.05) is 7.11 Å². The highest BCUT2D eigenvalue weighted by Gasteiger charge is 2.52. The average molecular weight is 349 g/mol. The van der Waals surface area contributed by atoms with Crippen LogP contribution in [0, 0.1) is 10.1 Å². The lowest BCUT2D eigenvalue weighted by Gasteiger charge is -2.34. The third kappa shape index (κ3) is 2.82. The Balaban J connectivity index is 2.51. The average Bonchev–Trinajstić information content (AvgIpc) is 2.83. The molecule has 0 fully saturated rings. The molecule has 2 rings (SSSR count). The number of primary amides is 1. The number of imide groups is 1. The quantitative estimate of drug-likeness (QED) is 0.337. The molecule has 0 spiro atoms. The number of amides is 3. The summed E-state index contributed by atoms with van der Waals surface area (Å²) < 4.78 is 4.49. The maximum Gasteiger partial charge on any atom is 0.305 e. The van der Waals surface area contributed by atoms with Gasteiger partial charge in [0, 0.05) is 12.5 Å². The van der Waals surface area contributed by atoms with Gasteiger partial charge >= 0.3 is 5.97 Å². The van der Waals surface area contributed by atoms with E-state index in [1.54, 1.807) is 0 Å². The number of rotatable bonds is 6. The Kier molecular flexibility index (Phi) is 4.55. The van der Waals surface area contributed by atoms with Crippen molar-refractivity contribution in [3.63, 3.8) is 0 Å². The van der Waals surface area contributed by atoms with Gasteiger partial charge in [0.25, 0.3) is 17.5 Å². The van der Waals surface area contributed by atoms with Crippen LogP contribution < -0.4 is 5.73 Å². The van der Waals surface area contributed by atoms with Gasteiger partial charge in [-0.05, 0) is 19.4 Å². The number of hydrogen-bond donors (Lipinski definition) is 1. The first-order valence-corrected chi connectivity index (χ1v) is 7.18. The van der Waals surface area contributed by atoms with E-state index < -0.39 is 45.4 Å². The lowest BCUT2D eigenvalue weighted by molar-refractivity contribution is -0.385. The van der Waals surface area contributed by atoms with Crippen LogP contribution in [0.5, 0.6) is 0 Å². The molecule has 0 saturated heterocycles. The summed E-state index contributed by atoms with van der Waals surface area (Å²) in [5, 5.41) is 11.1. The van der Waals surface area contributed by atoms with Crippen molar-refractivity contribution in [2.45, 2.75) is 25.3 Å². The molecule has 1 heterocycles. The molecule has 10 heteroatoms. The summed E-state index contributed by atoms with van der Waals surface area (Å²) in [6.07, 6.45) is -0.542. The lowest BCUT2D eigenvalue weighted by atomic mass is 9.92. The standard InChI is InChI=1S/C15H15N3O7/c1-15(14(16)22,7-6-10(19)25-2)17-12(20)8-4-3-5-9(18(23)24)11(8)13(17)21/h3-5H,6-7H2,1-2H3,(H2,16,22). The normalized spacial score (nSPS) is 15.5. The van der Waals surface area contributed by atoms with E-state index in [4.69, 9.17) is 5.73 Å². The molecule has 0 saturated carbocycles. The van der Waals surface area contributed by atoms with Crippen LogP contribution in [-0.4, -0.2) is 46.2 Å². The van der Waals surface area contributed by atoms with E-state index in [1.807, 2.05) is 0 Å². The van der Waals surface area contributed by atoms with Crippen LogP contribution in [0.25, 0.3) is 0 Å². The summed E-state index contributed by atoms with van der Waals surface area (Å²) in [6, 6.07) is 3.61. The Bertz CT molecular complexity index is 804. The second-order valence-corrected chi connectivity index (χ2v) is 5.62. The van der Waals surface area contributed by atoms with Crippen LogP contribution in [0.1, 0.15) is 40.5 Å². The summed E-state index contributed by atoms with van der Waals surface area (Å²) in [7, 11) is 1.15. The number of nitrogens with zero attached hydrogens (tertiary/aromatic N) is 2. The monoisotopic (exact) mass is 349 g/mol. The van der Waals surface area contributed by atoms with E-state index in [0.29, 0.717) is 4.90 Å². The second-order valence-electron chi connectivity index (χ2n) is 5.62. The number of hydrogen-bond acceptors (Lipinski definition) is 7. The molecule has 132 valence electrons. The number of nitro groups is 1. The number of nitro benzene ring substituents is 1. The van der Waals surface area contributed by atoms with Crippen molar-refractivity contribution in [3.8, 4) is 0 Å². The van der Waals surface area contributed by atoms with Gasteiger partial charge in [0.05, 0.1) is 17.6 Å². The summed E-state index contributed by atoms with van der Waals surface area (Å²) in [5.41, 5.74) is 2.39. The van der Waals surface area contributed by atoms with Gasteiger partial charge in [0.2, 0.25) is 5.91 Å². The number of methoxy groups -OCH3 is 1. The second kappa shape index (κ2) is 6.30. The molecular weight excluding hydrogens is 334 g/mol. The number of carbonyl (C=O) groups excluding carboxylic acids is 4. The number of fused-ring (bicyclic) bond motifs is 1. The first-order chi connectivity index (χ1) is 11.6. The molecule has 1 unspecified atom stereocenters. The molecule has 1 aliphatic rings.